The van der Waals surface area contributed by atoms with Gasteiger partial charge in [-0.3, -0.25) is 4.79 Å². The number of nitrogens with zero attached hydrogens (tertiary/aromatic N) is 1. The molecular formula is C16H25N3O3. The van der Waals surface area contributed by atoms with E-state index < -0.39 is 0 Å². The largest absolute Gasteiger partial charge is 0.462 e. The van der Waals surface area contributed by atoms with Crippen molar-refractivity contribution in [2.75, 3.05) is 26.2 Å². The number of aryl methyl sites for hydroxylation is 1. The smallest absolute Gasteiger partial charge is 0.340 e. The number of rotatable bonds is 4. The lowest BCUT2D eigenvalue weighted by atomic mass is 10.1. The number of hydrogen-bond donors (Lipinski definition) is 2. The van der Waals surface area contributed by atoms with Gasteiger partial charge in [-0.15, -0.1) is 0 Å². The summed E-state index contributed by atoms with van der Waals surface area (Å²) in [4.78, 5) is 29.7. The van der Waals surface area contributed by atoms with E-state index in [0.29, 0.717) is 48.3 Å². The van der Waals surface area contributed by atoms with Crippen molar-refractivity contribution in [3.05, 3.63) is 22.5 Å². The highest BCUT2D eigenvalue weighted by atomic mass is 16.5. The van der Waals surface area contributed by atoms with Crippen molar-refractivity contribution < 1.29 is 14.3 Å². The first kappa shape index (κ1) is 16.5. The van der Waals surface area contributed by atoms with Crippen LogP contribution >= 0.6 is 0 Å². The molecule has 1 atom stereocenters. The lowest BCUT2D eigenvalue weighted by Crippen LogP contribution is -2.52. The minimum atomic E-state index is -0.375. The number of nitrogens with one attached hydrogen (secondary N) is 2. The predicted octanol–water partition coefficient (Wildman–Crippen LogP) is 1.63. The maximum Gasteiger partial charge on any atom is 0.340 e. The minimum Gasteiger partial charge on any atom is -0.462 e. The van der Waals surface area contributed by atoms with Crippen LogP contribution in [0.1, 0.15) is 52.4 Å². The molecule has 0 aliphatic carbocycles. The van der Waals surface area contributed by atoms with Gasteiger partial charge in [-0.05, 0) is 32.8 Å². The molecule has 0 radical (unpaired) electrons. The number of carbonyl (C=O) groups excluding carboxylic acids is 2. The SMILES string of the molecule is CCOC(=O)c1c(C)[nH]c(C(=O)N2CCNC(CC)C2)c1C. The fourth-order valence-corrected chi connectivity index (χ4v) is 2.91. The van der Waals surface area contributed by atoms with Gasteiger partial charge in [-0.25, -0.2) is 4.79 Å². The van der Waals surface area contributed by atoms with Crippen LogP contribution in [-0.4, -0.2) is 54.0 Å². The van der Waals surface area contributed by atoms with Crippen LogP contribution in [0.4, 0.5) is 0 Å². The Morgan fingerprint density at radius 3 is 2.68 bits per heavy atom. The number of piperazine rings is 1. The first-order chi connectivity index (χ1) is 10.5. The van der Waals surface area contributed by atoms with Crippen LogP contribution < -0.4 is 5.32 Å². The van der Waals surface area contributed by atoms with Crippen LogP contribution in [0.2, 0.25) is 0 Å². The van der Waals surface area contributed by atoms with Gasteiger partial charge in [0.15, 0.2) is 0 Å². The lowest BCUT2D eigenvalue weighted by molar-refractivity contribution is 0.0525. The van der Waals surface area contributed by atoms with E-state index >= 15 is 0 Å². The highest BCUT2D eigenvalue weighted by Gasteiger charge is 2.28. The van der Waals surface area contributed by atoms with Gasteiger partial charge >= 0.3 is 5.97 Å². The van der Waals surface area contributed by atoms with Gasteiger partial charge in [0.25, 0.3) is 5.91 Å². The molecule has 0 saturated carbocycles. The Bertz CT molecular complexity index is 565. The van der Waals surface area contributed by atoms with Crippen LogP contribution in [0.5, 0.6) is 0 Å². The number of aromatic nitrogens is 1. The number of H-pyrrole nitrogens is 1. The quantitative estimate of drug-likeness (QED) is 0.829. The number of amides is 1. The highest BCUT2D eigenvalue weighted by Crippen LogP contribution is 2.21. The van der Waals surface area contributed by atoms with Gasteiger partial charge in [0.1, 0.15) is 5.69 Å². The van der Waals surface area contributed by atoms with Gasteiger partial charge < -0.3 is 19.9 Å². The van der Waals surface area contributed by atoms with E-state index in [1.165, 1.54) is 0 Å². The minimum absolute atomic E-state index is 0.0453. The van der Waals surface area contributed by atoms with Crippen molar-refractivity contribution in [1.29, 1.82) is 0 Å². The molecule has 0 spiro atoms. The number of aromatic amines is 1. The molecule has 1 aromatic rings. The van der Waals surface area contributed by atoms with Gasteiger partial charge in [-0.2, -0.15) is 0 Å². The van der Waals surface area contributed by atoms with E-state index in [1.807, 2.05) is 4.90 Å². The van der Waals surface area contributed by atoms with Crippen LogP contribution in [-0.2, 0) is 4.74 Å². The molecule has 6 nitrogen and oxygen atoms in total. The number of ether oxygens (including phenoxy) is 1. The average molecular weight is 307 g/mol. The molecular weight excluding hydrogens is 282 g/mol. The van der Waals surface area contributed by atoms with Crippen molar-refractivity contribution in [3.63, 3.8) is 0 Å². The molecule has 0 aromatic carbocycles. The molecule has 1 aromatic heterocycles. The van der Waals surface area contributed by atoms with Gasteiger partial charge in [-0.1, -0.05) is 6.92 Å². The first-order valence-corrected chi connectivity index (χ1v) is 7.88. The molecule has 1 fully saturated rings. The molecule has 1 amide bonds. The summed E-state index contributed by atoms with van der Waals surface area (Å²) in [5.74, 6) is -0.421. The predicted molar refractivity (Wildman–Crippen MR) is 84.2 cm³/mol. The number of carbonyl (C=O) groups is 2. The maximum atomic E-state index is 12.7. The molecule has 1 saturated heterocycles. The molecule has 122 valence electrons. The topological polar surface area (TPSA) is 74.4 Å². The summed E-state index contributed by atoms with van der Waals surface area (Å²) < 4.78 is 5.07. The average Bonchev–Trinajstić information content (AvgIpc) is 2.81. The fourth-order valence-electron chi connectivity index (χ4n) is 2.91. The Morgan fingerprint density at radius 2 is 2.05 bits per heavy atom. The van der Waals surface area contributed by atoms with Gasteiger partial charge in [0, 0.05) is 31.4 Å². The molecule has 1 aliphatic heterocycles. The van der Waals surface area contributed by atoms with Crippen molar-refractivity contribution >= 4 is 11.9 Å². The van der Waals surface area contributed by atoms with Gasteiger partial charge in [0.05, 0.1) is 12.2 Å². The Hall–Kier alpha value is -1.82. The standard InChI is InChI=1S/C16H25N3O3/c1-5-12-9-19(8-7-17-12)15(20)14-10(3)13(11(4)18-14)16(21)22-6-2/h12,17-18H,5-9H2,1-4H3. The van der Waals surface area contributed by atoms with Crippen molar-refractivity contribution in [2.24, 2.45) is 0 Å². The first-order valence-electron chi connectivity index (χ1n) is 7.88. The lowest BCUT2D eigenvalue weighted by Gasteiger charge is -2.33. The highest BCUT2D eigenvalue weighted by molar-refractivity contribution is 6.00. The second-order valence-electron chi connectivity index (χ2n) is 5.66. The second kappa shape index (κ2) is 6.96. The Morgan fingerprint density at radius 1 is 1.32 bits per heavy atom. The Labute approximate surface area is 131 Å². The summed E-state index contributed by atoms with van der Waals surface area (Å²) in [5, 5.41) is 3.39. The molecule has 1 aliphatic rings. The van der Waals surface area contributed by atoms with Crippen LogP contribution in [0.25, 0.3) is 0 Å². The summed E-state index contributed by atoms with van der Waals surface area (Å²) in [5.41, 5.74) is 2.33. The van der Waals surface area contributed by atoms with E-state index in [9.17, 15) is 9.59 Å². The molecule has 22 heavy (non-hydrogen) atoms. The van der Waals surface area contributed by atoms with E-state index in [4.69, 9.17) is 4.74 Å². The zero-order valence-corrected chi connectivity index (χ0v) is 13.8. The molecule has 1 unspecified atom stereocenters. The zero-order valence-electron chi connectivity index (χ0n) is 13.8. The summed E-state index contributed by atoms with van der Waals surface area (Å²) >= 11 is 0. The molecule has 0 bridgehead atoms. The summed E-state index contributed by atoms with van der Waals surface area (Å²) in [6.07, 6.45) is 0.987. The summed E-state index contributed by atoms with van der Waals surface area (Å²) in [6.45, 7) is 9.96. The van der Waals surface area contributed by atoms with E-state index in [-0.39, 0.29) is 11.9 Å². The van der Waals surface area contributed by atoms with Gasteiger partial charge in [0.2, 0.25) is 0 Å². The molecule has 2 rings (SSSR count). The van der Waals surface area contributed by atoms with Crippen LogP contribution in [0.15, 0.2) is 0 Å². The summed E-state index contributed by atoms with van der Waals surface area (Å²) in [6, 6.07) is 0.332. The number of hydrogen-bond acceptors (Lipinski definition) is 4. The van der Waals surface area contributed by atoms with E-state index in [0.717, 1.165) is 13.0 Å². The molecule has 2 heterocycles. The fraction of sp³-hybridized carbons (Fsp3) is 0.625. The van der Waals surface area contributed by atoms with E-state index in [2.05, 4.69) is 17.2 Å². The Balaban J connectivity index is 2.23. The normalized spacial score (nSPS) is 18.4. The van der Waals surface area contributed by atoms with Crippen molar-refractivity contribution in [1.82, 2.24) is 15.2 Å². The summed E-state index contributed by atoms with van der Waals surface area (Å²) in [7, 11) is 0. The van der Waals surface area contributed by atoms with Crippen molar-refractivity contribution in [2.45, 2.75) is 40.2 Å². The molecule has 2 N–H and O–H groups in total. The van der Waals surface area contributed by atoms with Crippen LogP contribution in [0.3, 0.4) is 0 Å². The Kier molecular flexibility index (Phi) is 5.24. The third kappa shape index (κ3) is 3.16. The third-order valence-electron chi connectivity index (χ3n) is 4.17. The monoisotopic (exact) mass is 307 g/mol. The number of esters is 1. The third-order valence-corrected chi connectivity index (χ3v) is 4.17. The maximum absolute atomic E-state index is 12.7. The van der Waals surface area contributed by atoms with E-state index in [1.54, 1.807) is 20.8 Å². The zero-order chi connectivity index (χ0) is 16.3. The van der Waals surface area contributed by atoms with Crippen LogP contribution in [0, 0.1) is 13.8 Å². The van der Waals surface area contributed by atoms with Crippen molar-refractivity contribution in [3.8, 4) is 0 Å². The second-order valence-corrected chi connectivity index (χ2v) is 5.66. The molecule has 6 heteroatoms.